The van der Waals surface area contributed by atoms with Crippen LogP contribution < -0.4 is 0 Å². The number of aromatic nitrogens is 2. The fraction of sp³-hybridized carbons (Fsp3) is 0.188. The van der Waals surface area contributed by atoms with Crippen molar-refractivity contribution in [2.75, 3.05) is 0 Å². The minimum absolute atomic E-state index is 0.564. The third-order valence-electron chi connectivity index (χ3n) is 3.25. The van der Waals surface area contributed by atoms with Crippen LogP contribution in [0.2, 0.25) is 5.02 Å². The van der Waals surface area contributed by atoms with E-state index in [1.807, 2.05) is 30.3 Å². The van der Waals surface area contributed by atoms with Gasteiger partial charge in [-0.1, -0.05) is 35.5 Å². The Morgan fingerprint density at radius 2 is 2.05 bits per heavy atom. The van der Waals surface area contributed by atoms with Crippen LogP contribution in [-0.4, -0.2) is 15.1 Å². The van der Waals surface area contributed by atoms with Crippen molar-refractivity contribution in [2.24, 2.45) is 0 Å². The van der Waals surface area contributed by atoms with Crippen molar-refractivity contribution in [1.82, 2.24) is 9.97 Å². The van der Waals surface area contributed by atoms with Crippen LogP contribution in [0.15, 0.2) is 46.5 Å². The molecule has 0 radical (unpaired) electrons. The minimum atomic E-state index is -0.564. The van der Waals surface area contributed by atoms with Crippen LogP contribution in [0.5, 0.6) is 0 Å². The number of benzene rings is 2. The van der Waals surface area contributed by atoms with Gasteiger partial charge in [0.1, 0.15) is 0 Å². The van der Waals surface area contributed by atoms with Crippen molar-refractivity contribution in [1.29, 1.82) is 0 Å². The number of rotatable bonds is 3. The van der Waals surface area contributed by atoms with Gasteiger partial charge < -0.3 is 10.1 Å². The maximum Gasteiger partial charge on any atom is 0.171 e. The van der Waals surface area contributed by atoms with Gasteiger partial charge in [0.2, 0.25) is 0 Å². The zero-order valence-electron chi connectivity index (χ0n) is 11.7. The molecular weight excluding hydrogens is 304 g/mol. The molecule has 2 aromatic carbocycles. The van der Waals surface area contributed by atoms with Gasteiger partial charge in [0.15, 0.2) is 5.16 Å². The van der Waals surface area contributed by atoms with E-state index in [9.17, 15) is 5.11 Å². The summed E-state index contributed by atoms with van der Waals surface area (Å²) < 4.78 is 0. The smallest absolute Gasteiger partial charge is 0.171 e. The minimum Gasteiger partial charge on any atom is -0.389 e. The highest BCUT2D eigenvalue weighted by atomic mass is 35.5. The van der Waals surface area contributed by atoms with Crippen LogP contribution in [-0.2, 0) is 0 Å². The average Bonchev–Trinajstić information content (AvgIpc) is 2.79. The zero-order valence-corrected chi connectivity index (χ0v) is 13.3. The highest BCUT2D eigenvalue weighted by molar-refractivity contribution is 7.99. The lowest BCUT2D eigenvalue weighted by atomic mass is 10.1. The molecule has 1 unspecified atom stereocenters. The van der Waals surface area contributed by atoms with E-state index in [2.05, 4.69) is 23.0 Å². The number of fused-ring (bicyclic) bond motifs is 1. The Morgan fingerprint density at radius 1 is 1.24 bits per heavy atom. The largest absolute Gasteiger partial charge is 0.389 e. The van der Waals surface area contributed by atoms with Crippen LogP contribution in [0.3, 0.4) is 0 Å². The lowest BCUT2D eigenvalue weighted by Crippen LogP contribution is -1.92. The van der Waals surface area contributed by atoms with Gasteiger partial charge in [-0.2, -0.15) is 0 Å². The van der Waals surface area contributed by atoms with E-state index in [1.54, 1.807) is 6.92 Å². The molecule has 1 aromatic heterocycles. The van der Waals surface area contributed by atoms with Crippen LogP contribution >= 0.6 is 23.4 Å². The molecule has 0 fully saturated rings. The van der Waals surface area contributed by atoms with Gasteiger partial charge in [-0.3, -0.25) is 0 Å². The Kier molecular flexibility index (Phi) is 3.93. The Bertz CT molecular complexity index is 798. The first-order valence-electron chi connectivity index (χ1n) is 6.64. The average molecular weight is 319 g/mol. The van der Waals surface area contributed by atoms with Gasteiger partial charge in [-0.25, -0.2) is 4.98 Å². The lowest BCUT2D eigenvalue weighted by molar-refractivity contribution is 0.199. The van der Waals surface area contributed by atoms with Crippen molar-refractivity contribution in [3.05, 3.63) is 52.5 Å². The Labute approximate surface area is 132 Å². The van der Waals surface area contributed by atoms with Crippen LogP contribution in [0.4, 0.5) is 0 Å². The summed E-state index contributed by atoms with van der Waals surface area (Å²) in [4.78, 5) is 8.84. The van der Waals surface area contributed by atoms with E-state index in [4.69, 9.17) is 11.6 Å². The van der Waals surface area contributed by atoms with E-state index >= 15 is 0 Å². The molecule has 0 amide bonds. The number of aliphatic hydroxyl groups excluding tert-OH is 1. The fourth-order valence-corrected chi connectivity index (χ4v) is 3.41. The quantitative estimate of drug-likeness (QED) is 0.734. The number of nitrogens with zero attached hydrogens (tertiary/aromatic N) is 1. The van der Waals surface area contributed by atoms with E-state index in [0.29, 0.717) is 5.02 Å². The first-order chi connectivity index (χ1) is 10.0. The van der Waals surface area contributed by atoms with Gasteiger partial charge in [0.25, 0.3) is 0 Å². The zero-order chi connectivity index (χ0) is 15.0. The second kappa shape index (κ2) is 5.72. The third-order valence-corrected chi connectivity index (χ3v) is 4.46. The number of aromatic amines is 1. The Hall–Kier alpha value is -1.49. The molecule has 2 N–H and O–H groups in total. The summed E-state index contributed by atoms with van der Waals surface area (Å²) in [6.07, 6.45) is -0.564. The van der Waals surface area contributed by atoms with Crippen molar-refractivity contribution in [3.8, 4) is 0 Å². The molecule has 108 valence electrons. The number of halogens is 1. The van der Waals surface area contributed by atoms with Crippen LogP contribution in [0.1, 0.15) is 24.2 Å². The molecule has 1 atom stereocenters. The van der Waals surface area contributed by atoms with Crippen molar-refractivity contribution >= 4 is 34.4 Å². The number of aryl methyl sites for hydroxylation is 1. The number of aliphatic hydroxyl groups is 1. The molecule has 3 rings (SSSR count). The topological polar surface area (TPSA) is 48.9 Å². The van der Waals surface area contributed by atoms with Crippen LogP contribution in [0.25, 0.3) is 11.0 Å². The van der Waals surface area contributed by atoms with Crippen LogP contribution in [0, 0.1) is 6.92 Å². The molecule has 5 heteroatoms. The second-order valence-corrected chi connectivity index (χ2v) is 6.49. The number of hydrogen-bond acceptors (Lipinski definition) is 3. The molecule has 0 aliphatic rings. The van der Waals surface area contributed by atoms with Gasteiger partial charge in [-0.05, 0) is 49.2 Å². The summed E-state index contributed by atoms with van der Waals surface area (Å²) in [6, 6.07) is 11.8. The lowest BCUT2D eigenvalue weighted by Gasteiger charge is -2.08. The SMILES string of the molecule is Cc1ccc2nc(Sc3ccc(C(C)O)c(Cl)c3)[nH]c2c1. The number of imidazole rings is 1. The van der Waals surface area contributed by atoms with E-state index in [0.717, 1.165) is 26.6 Å². The van der Waals surface area contributed by atoms with Crippen molar-refractivity contribution < 1.29 is 5.11 Å². The summed E-state index contributed by atoms with van der Waals surface area (Å²) in [5, 5.41) is 11.0. The summed E-state index contributed by atoms with van der Waals surface area (Å²) in [5.74, 6) is 0. The maximum atomic E-state index is 9.60. The standard InChI is InChI=1S/C16H15ClN2OS/c1-9-3-6-14-15(7-9)19-16(18-14)21-11-4-5-12(10(2)20)13(17)8-11/h3-8,10,20H,1-2H3,(H,18,19). The molecule has 0 bridgehead atoms. The van der Waals surface area contributed by atoms with E-state index < -0.39 is 6.10 Å². The molecular formula is C16H15ClN2OS. The number of H-pyrrole nitrogens is 1. The summed E-state index contributed by atoms with van der Waals surface area (Å²) >= 11 is 7.71. The molecule has 3 aromatic rings. The molecule has 3 nitrogen and oxygen atoms in total. The normalized spacial score (nSPS) is 12.8. The first-order valence-corrected chi connectivity index (χ1v) is 7.84. The summed E-state index contributed by atoms with van der Waals surface area (Å²) in [6.45, 7) is 3.76. The first kappa shape index (κ1) is 14.4. The molecule has 0 saturated carbocycles. The predicted molar refractivity (Wildman–Crippen MR) is 87.0 cm³/mol. The van der Waals surface area contributed by atoms with Gasteiger partial charge in [0.05, 0.1) is 17.1 Å². The molecule has 0 spiro atoms. The highest BCUT2D eigenvalue weighted by Crippen LogP contribution is 2.32. The summed E-state index contributed by atoms with van der Waals surface area (Å²) in [7, 11) is 0. The molecule has 0 aliphatic carbocycles. The Balaban J connectivity index is 1.89. The molecule has 1 heterocycles. The van der Waals surface area contributed by atoms with Crippen molar-refractivity contribution in [3.63, 3.8) is 0 Å². The van der Waals surface area contributed by atoms with Gasteiger partial charge >= 0.3 is 0 Å². The molecule has 0 aliphatic heterocycles. The predicted octanol–water partition coefficient (Wildman–Crippen LogP) is 4.73. The fourth-order valence-electron chi connectivity index (χ4n) is 2.17. The number of hydrogen-bond donors (Lipinski definition) is 2. The second-order valence-electron chi connectivity index (χ2n) is 5.02. The maximum absolute atomic E-state index is 9.60. The van der Waals surface area contributed by atoms with E-state index in [1.165, 1.54) is 17.3 Å². The third kappa shape index (κ3) is 3.07. The van der Waals surface area contributed by atoms with Gasteiger partial charge in [-0.15, -0.1) is 0 Å². The van der Waals surface area contributed by atoms with E-state index in [-0.39, 0.29) is 0 Å². The molecule has 0 saturated heterocycles. The van der Waals surface area contributed by atoms with Gasteiger partial charge in [0, 0.05) is 9.92 Å². The summed E-state index contributed by atoms with van der Waals surface area (Å²) in [5.41, 5.74) is 3.92. The van der Waals surface area contributed by atoms with Crippen molar-refractivity contribution in [2.45, 2.75) is 30.0 Å². The number of nitrogens with one attached hydrogen (secondary N) is 1. The monoisotopic (exact) mass is 318 g/mol. The molecule has 21 heavy (non-hydrogen) atoms. The highest BCUT2D eigenvalue weighted by Gasteiger charge is 2.09. The Morgan fingerprint density at radius 3 is 2.76 bits per heavy atom.